The summed E-state index contributed by atoms with van der Waals surface area (Å²) in [6.45, 7) is 0. The Balaban J connectivity index is -0.0000000767. The molecule has 0 aromatic heterocycles. The molecule has 0 saturated heterocycles. The summed E-state index contributed by atoms with van der Waals surface area (Å²) >= 11 is 3.85. The molecule has 0 heterocycles. The van der Waals surface area contributed by atoms with Crippen molar-refractivity contribution < 1.29 is 20.9 Å². The Hall–Kier alpha value is 0.0762. The maximum absolute atomic E-state index is 9.70. The summed E-state index contributed by atoms with van der Waals surface area (Å²) in [6, 6.07) is 8.71. The first kappa shape index (κ1) is 16.5. The SMILES string of the molecule is COS(=O)(O)=S.Oc1ccccc1.[H-].[H-].[Mg+2]. The summed E-state index contributed by atoms with van der Waals surface area (Å²) in [5, 5.41) is 8.63. The molecule has 0 aliphatic carbocycles. The van der Waals surface area contributed by atoms with Crippen molar-refractivity contribution in [3.05, 3.63) is 30.3 Å². The minimum Gasteiger partial charge on any atom is -1.00 e. The molecular weight excluding hydrogens is 237 g/mol. The zero-order valence-corrected chi connectivity index (χ0v) is 10.7. The molecule has 7 heteroatoms. The van der Waals surface area contributed by atoms with E-state index in [0.29, 0.717) is 5.75 Å². The predicted molar refractivity (Wildman–Crippen MR) is 61.2 cm³/mol. The molecule has 0 saturated carbocycles. The molecule has 0 fully saturated rings. The van der Waals surface area contributed by atoms with Crippen LogP contribution in [0.5, 0.6) is 5.75 Å². The van der Waals surface area contributed by atoms with Crippen LogP contribution < -0.4 is 0 Å². The Labute approximate surface area is 107 Å². The molecule has 78 valence electrons. The van der Waals surface area contributed by atoms with Gasteiger partial charge in [0.25, 0.3) is 9.05 Å². The molecule has 1 rings (SSSR count). The van der Waals surface area contributed by atoms with E-state index >= 15 is 0 Å². The minimum absolute atomic E-state index is 0. The minimum atomic E-state index is -3.33. The number of phenolic OH excluding ortho intramolecular Hbond substituents is 1. The fraction of sp³-hybridized carbons (Fsp3) is 0.143. The number of hydrogen-bond acceptors (Lipinski definition) is 4. The van der Waals surface area contributed by atoms with E-state index in [0.717, 1.165) is 7.11 Å². The number of phenols is 1. The van der Waals surface area contributed by atoms with Crippen molar-refractivity contribution in [3.63, 3.8) is 0 Å². The molecule has 4 nitrogen and oxygen atoms in total. The normalized spacial score (nSPS) is 12.7. The van der Waals surface area contributed by atoms with Gasteiger partial charge in [-0.3, -0.25) is 8.74 Å². The van der Waals surface area contributed by atoms with E-state index in [2.05, 4.69) is 15.4 Å². The monoisotopic (exact) mass is 248 g/mol. The maximum Gasteiger partial charge on any atom is 2.00 e. The fourth-order valence-electron chi connectivity index (χ4n) is 0.428. The first-order valence-corrected chi connectivity index (χ1v) is 5.59. The topological polar surface area (TPSA) is 66.8 Å². The summed E-state index contributed by atoms with van der Waals surface area (Å²) in [5.41, 5.74) is 0. The molecule has 1 aromatic carbocycles. The van der Waals surface area contributed by atoms with Crippen LogP contribution in [0.4, 0.5) is 0 Å². The van der Waals surface area contributed by atoms with Crippen LogP contribution in [0.2, 0.25) is 0 Å². The Bertz CT molecular complexity index is 333. The zero-order chi connectivity index (χ0) is 10.3. The second-order valence-electron chi connectivity index (χ2n) is 1.93. The molecule has 1 unspecified atom stereocenters. The van der Waals surface area contributed by atoms with Crippen LogP contribution in [0.25, 0.3) is 0 Å². The van der Waals surface area contributed by atoms with E-state index in [1.54, 1.807) is 24.3 Å². The fourth-order valence-corrected chi connectivity index (χ4v) is 0.428. The Kier molecular flexibility index (Phi) is 9.89. The molecule has 0 bridgehead atoms. The molecule has 2 N–H and O–H groups in total. The van der Waals surface area contributed by atoms with Gasteiger partial charge in [0, 0.05) is 11.2 Å². The number of para-hydroxylation sites is 1. The largest absolute Gasteiger partial charge is 2.00 e. The Morgan fingerprint density at radius 1 is 1.43 bits per heavy atom. The number of benzene rings is 1. The van der Waals surface area contributed by atoms with Gasteiger partial charge in [0.2, 0.25) is 0 Å². The van der Waals surface area contributed by atoms with E-state index in [1.807, 2.05) is 6.07 Å². The molecule has 1 atom stereocenters. The van der Waals surface area contributed by atoms with Gasteiger partial charge >= 0.3 is 23.1 Å². The quantitative estimate of drug-likeness (QED) is 0.726. The third-order valence-electron chi connectivity index (χ3n) is 0.967. The number of hydrogen-bond donors (Lipinski definition) is 2. The van der Waals surface area contributed by atoms with Crippen molar-refractivity contribution in [2.75, 3.05) is 7.11 Å². The van der Waals surface area contributed by atoms with Crippen molar-refractivity contribution in [2.45, 2.75) is 0 Å². The van der Waals surface area contributed by atoms with Gasteiger partial charge in [-0.2, -0.15) is 4.21 Å². The molecule has 0 aliphatic heterocycles. The smallest absolute Gasteiger partial charge is 1.00 e. The van der Waals surface area contributed by atoms with Gasteiger partial charge in [-0.25, -0.2) is 0 Å². The first-order valence-electron chi connectivity index (χ1n) is 3.23. The second kappa shape index (κ2) is 8.39. The van der Waals surface area contributed by atoms with Gasteiger partial charge in [0.05, 0.1) is 7.11 Å². The predicted octanol–water partition coefficient (Wildman–Crippen LogP) is 1.00. The molecule has 0 spiro atoms. The van der Waals surface area contributed by atoms with Crippen LogP contribution in [-0.4, -0.2) is 44.0 Å². The molecular formula is C7H12MgO4S2. The van der Waals surface area contributed by atoms with E-state index < -0.39 is 9.05 Å². The van der Waals surface area contributed by atoms with Crippen LogP contribution in [0.1, 0.15) is 2.85 Å². The Morgan fingerprint density at radius 3 is 1.93 bits per heavy atom. The number of rotatable bonds is 1. The summed E-state index contributed by atoms with van der Waals surface area (Å²) in [7, 11) is -2.25. The summed E-state index contributed by atoms with van der Waals surface area (Å²) in [6.07, 6.45) is 0. The third kappa shape index (κ3) is 12.1. The molecule has 0 aliphatic rings. The standard InChI is InChI=1S/C6H6O.CH4O3S2.Mg.2H/c7-6-4-2-1-3-5-6;1-4-6(2,3)5;;;/h1-5,7H;1H3,(H,2,3,5);;;/q;;+2;2*-1. The van der Waals surface area contributed by atoms with Gasteiger partial charge in [0.15, 0.2) is 0 Å². The summed E-state index contributed by atoms with van der Waals surface area (Å²) < 4.78 is 21.5. The van der Waals surface area contributed by atoms with Crippen molar-refractivity contribution in [3.8, 4) is 5.75 Å². The average molecular weight is 249 g/mol. The van der Waals surface area contributed by atoms with Crippen LogP contribution in [-0.2, 0) is 24.4 Å². The van der Waals surface area contributed by atoms with Crippen LogP contribution in [0, 0.1) is 0 Å². The van der Waals surface area contributed by atoms with Gasteiger partial charge in [-0.05, 0) is 12.1 Å². The van der Waals surface area contributed by atoms with Crippen LogP contribution in [0.3, 0.4) is 0 Å². The summed E-state index contributed by atoms with van der Waals surface area (Å²) in [5.74, 6) is 0.322. The van der Waals surface area contributed by atoms with Gasteiger partial charge in [-0.1, -0.05) is 18.2 Å². The van der Waals surface area contributed by atoms with Gasteiger partial charge in [-0.15, -0.1) is 0 Å². The van der Waals surface area contributed by atoms with Crippen LogP contribution in [0.15, 0.2) is 30.3 Å². The van der Waals surface area contributed by atoms with Crippen molar-refractivity contribution >= 4 is 43.3 Å². The van der Waals surface area contributed by atoms with E-state index in [1.165, 1.54) is 0 Å². The molecule has 0 amide bonds. The Morgan fingerprint density at radius 2 is 1.79 bits per heavy atom. The van der Waals surface area contributed by atoms with Crippen molar-refractivity contribution in [2.24, 2.45) is 0 Å². The second-order valence-corrected chi connectivity index (χ2v) is 4.38. The molecule has 1 aromatic rings. The van der Waals surface area contributed by atoms with Crippen molar-refractivity contribution in [1.29, 1.82) is 0 Å². The number of aromatic hydroxyl groups is 1. The van der Waals surface area contributed by atoms with Crippen molar-refractivity contribution in [1.82, 2.24) is 0 Å². The third-order valence-corrected chi connectivity index (χ3v) is 1.80. The summed E-state index contributed by atoms with van der Waals surface area (Å²) in [4.78, 5) is 0. The van der Waals surface area contributed by atoms with E-state index in [4.69, 9.17) is 9.66 Å². The van der Waals surface area contributed by atoms with Crippen LogP contribution >= 0.6 is 0 Å². The van der Waals surface area contributed by atoms with E-state index in [-0.39, 0.29) is 25.9 Å². The zero-order valence-electron chi connectivity index (χ0n) is 9.62. The van der Waals surface area contributed by atoms with E-state index in [9.17, 15) is 4.21 Å². The first-order chi connectivity index (χ1) is 5.95. The molecule has 0 radical (unpaired) electrons. The van der Waals surface area contributed by atoms with Gasteiger partial charge in [0.1, 0.15) is 5.75 Å². The maximum atomic E-state index is 9.70. The molecule has 14 heavy (non-hydrogen) atoms. The average Bonchev–Trinajstić information content (AvgIpc) is 2.06. The van der Waals surface area contributed by atoms with Gasteiger partial charge < -0.3 is 7.96 Å².